The Balaban J connectivity index is 2.35. The van der Waals surface area contributed by atoms with Crippen LogP contribution >= 0.6 is 0 Å². The summed E-state index contributed by atoms with van der Waals surface area (Å²) in [5.41, 5.74) is 2.37. The zero-order valence-corrected chi connectivity index (χ0v) is 7.77. The molecule has 1 aliphatic carbocycles. The van der Waals surface area contributed by atoms with Crippen molar-refractivity contribution in [3.05, 3.63) is 48.1 Å². The van der Waals surface area contributed by atoms with Crippen LogP contribution in [0.5, 0.6) is 0 Å². The molecule has 1 nitrogen and oxygen atoms in total. The molecule has 2 rings (SSSR count). The minimum atomic E-state index is 0.271. The molecular weight excluding hydrogens is 158 g/mol. The van der Waals surface area contributed by atoms with Crippen LogP contribution < -0.4 is 0 Å². The fraction of sp³-hybridized carbons (Fsp3) is 0.250. The lowest BCUT2D eigenvalue weighted by atomic mass is 9.85. The monoisotopic (exact) mass is 171 g/mol. The largest absolute Gasteiger partial charge is 0.284 e. The molecule has 0 saturated heterocycles. The van der Waals surface area contributed by atoms with E-state index in [9.17, 15) is 0 Å². The van der Waals surface area contributed by atoms with Gasteiger partial charge in [-0.3, -0.25) is 4.99 Å². The molecule has 0 fully saturated rings. The molecule has 0 aromatic carbocycles. The van der Waals surface area contributed by atoms with Gasteiger partial charge >= 0.3 is 0 Å². The van der Waals surface area contributed by atoms with Crippen LogP contribution in [-0.2, 0) is 0 Å². The van der Waals surface area contributed by atoms with E-state index in [1.54, 1.807) is 0 Å². The van der Waals surface area contributed by atoms with Gasteiger partial charge in [0.2, 0.25) is 0 Å². The van der Waals surface area contributed by atoms with Gasteiger partial charge in [0.25, 0.3) is 0 Å². The molecule has 0 radical (unpaired) electrons. The third-order valence-electron chi connectivity index (χ3n) is 2.45. The van der Waals surface area contributed by atoms with Crippen molar-refractivity contribution in [1.29, 1.82) is 0 Å². The maximum Gasteiger partial charge on any atom is 0.0848 e. The van der Waals surface area contributed by atoms with E-state index in [2.05, 4.69) is 35.9 Å². The number of nitrogens with zero attached hydrogens (tertiary/aromatic N) is 1. The highest BCUT2D eigenvalue weighted by atomic mass is 14.8. The van der Waals surface area contributed by atoms with Crippen LogP contribution in [0.2, 0.25) is 0 Å². The lowest BCUT2D eigenvalue weighted by Crippen LogP contribution is -2.22. The van der Waals surface area contributed by atoms with Crippen LogP contribution in [0.15, 0.2) is 53.1 Å². The van der Waals surface area contributed by atoms with E-state index < -0.39 is 0 Å². The summed E-state index contributed by atoms with van der Waals surface area (Å²) >= 11 is 0. The van der Waals surface area contributed by atoms with Gasteiger partial charge in [-0.05, 0) is 18.6 Å². The van der Waals surface area contributed by atoms with Crippen molar-refractivity contribution in [2.45, 2.75) is 13.0 Å². The number of hydrogen-bond acceptors (Lipinski definition) is 1. The van der Waals surface area contributed by atoms with Crippen LogP contribution in [0.3, 0.4) is 0 Å². The Morgan fingerprint density at radius 3 is 2.92 bits per heavy atom. The van der Waals surface area contributed by atoms with Crippen molar-refractivity contribution in [3.8, 4) is 0 Å². The van der Waals surface area contributed by atoms with Gasteiger partial charge in [-0.15, -0.1) is 0 Å². The summed E-state index contributed by atoms with van der Waals surface area (Å²) in [6, 6.07) is 0.271. The Morgan fingerprint density at radius 2 is 2.15 bits per heavy atom. The minimum absolute atomic E-state index is 0.271. The molecule has 2 unspecified atom stereocenters. The SMILES string of the molecule is C=C(C)C1=CC=CC2C=CC=NC12. The number of fused-ring (bicyclic) bond motifs is 1. The van der Waals surface area contributed by atoms with E-state index in [4.69, 9.17) is 0 Å². The van der Waals surface area contributed by atoms with Crippen LogP contribution in [0.4, 0.5) is 0 Å². The topological polar surface area (TPSA) is 12.4 Å². The summed E-state index contributed by atoms with van der Waals surface area (Å²) < 4.78 is 0. The Bertz CT molecular complexity index is 342. The van der Waals surface area contributed by atoms with Gasteiger partial charge in [-0.25, -0.2) is 0 Å². The number of allylic oxidation sites excluding steroid dienone is 3. The Labute approximate surface area is 78.9 Å². The molecule has 0 amide bonds. The number of aliphatic imine (C=N–C) groups is 1. The maximum atomic E-state index is 4.46. The molecule has 0 saturated carbocycles. The Kier molecular flexibility index (Phi) is 2.01. The molecule has 0 N–H and O–H groups in total. The van der Waals surface area contributed by atoms with Crippen molar-refractivity contribution >= 4 is 6.21 Å². The van der Waals surface area contributed by atoms with E-state index in [-0.39, 0.29) is 6.04 Å². The average molecular weight is 171 g/mol. The van der Waals surface area contributed by atoms with Gasteiger partial charge < -0.3 is 0 Å². The first-order chi connectivity index (χ1) is 6.29. The van der Waals surface area contributed by atoms with Crippen LogP contribution in [0.1, 0.15) is 6.92 Å². The highest BCUT2D eigenvalue weighted by Gasteiger charge is 2.23. The normalized spacial score (nSPS) is 29.8. The van der Waals surface area contributed by atoms with Gasteiger partial charge in [0.15, 0.2) is 0 Å². The van der Waals surface area contributed by atoms with E-state index in [0.29, 0.717) is 5.92 Å². The van der Waals surface area contributed by atoms with Crippen molar-refractivity contribution in [2.75, 3.05) is 0 Å². The fourth-order valence-corrected chi connectivity index (χ4v) is 1.76. The third-order valence-corrected chi connectivity index (χ3v) is 2.45. The molecule has 0 aromatic heterocycles. The lowest BCUT2D eigenvalue weighted by molar-refractivity contribution is 0.655. The zero-order chi connectivity index (χ0) is 9.26. The van der Waals surface area contributed by atoms with Crippen molar-refractivity contribution in [1.82, 2.24) is 0 Å². The molecule has 0 bridgehead atoms. The second kappa shape index (κ2) is 3.17. The van der Waals surface area contributed by atoms with Crippen LogP contribution in [0.25, 0.3) is 0 Å². The van der Waals surface area contributed by atoms with Crippen LogP contribution in [0, 0.1) is 5.92 Å². The summed E-state index contributed by atoms with van der Waals surface area (Å²) in [7, 11) is 0. The van der Waals surface area contributed by atoms with E-state index in [0.717, 1.165) is 5.57 Å². The van der Waals surface area contributed by atoms with E-state index in [1.807, 2.05) is 19.2 Å². The fourth-order valence-electron chi connectivity index (χ4n) is 1.76. The summed E-state index contributed by atoms with van der Waals surface area (Å²) in [6.07, 6.45) is 12.5. The van der Waals surface area contributed by atoms with E-state index >= 15 is 0 Å². The second-order valence-electron chi connectivity index (χ2n) is 3.49. The molecule has 0 spiro atoms. The molecule has 1 aliphatic heterocycles. The smallest absolute Gasteiger partial charge is 0.0848 e. The van der Waals surface area contributed by atoms with E-state index in [1.165, 1.54) is 5.57 Å². The number of hydrogen-bond donors (Lipinski definition) is 0. The summed E-state index contributed by atoms with van der Waals surface area (Å²) in [5, 5.41) is 0. The van der Waals surface area contributed by atoms with Gasteiger partial charge in [0, 0.05) is 12.1 Å². The summed E-state index contributed by atoms with van der Waals surface area (Å²) in [5.74, 6) is 0.432. The Hall–Kier alpha value is -1.37. The molecule has 1 heteroatoms. The predicted molar refractivity (Wildman–Crippen MR) is 56.9 cm³/mol. The highest BCUT2D eigenvalue weighted by Crippen LogP contribution is 2.29. The number of rotatable bonds is 1. The molecule has 0 aromatic rings. The van der Waals surface area contributed by atoms with Gasteiger partial charge in [0.05, 0.1) is 6.04 Å². The minimum Gasteiger partial charge on any atom is -0.284 e. The van der Waals surface area contributed by atoms with Gasteiger partial charge in [0.1, 0.15) is 0 Å². The van der Waals surface area contributed by atoms with Gasteiger partial charge in [-0.2, -0.15) is 0 Å². The summed E-state index contributed by atoms with van der Waals surface area (Å²) in [4.78, 5) is 4.46. The Morgan fingerprint density at radius 1 is 1.38 bits per heavy atom. The first-order valence-corrected chi connectivity index (χ1v) is 4.53. The lowest BCUT2D eigenvalue weighted by Gasteiger charge is -2.26. The molecule has 2 atom stereocenters. The second-order valence-corrected chi connectivity index (χ2v) is 3.49. The molecule has 2 aliphatic rings. The first kappa shape index (κ1) is 8.24. The standard InChI is InChI=1S/C12H13N/c1-9(2)11-7-3-5-10-6-4-8-13-12(10)11/h3-8,10,12H,1H2,2H3. The number of dihydropyridines is 1. The first-order valence-electron chi connectivity index (χ1n) is 4.53. The van der Waals surface area contributed by atoms with Crippen molar-refractivity contribution < 1.29 is 0 Å². The molecular formula is C12H13N. The maximum absolute atomic E-state index is 4.46. The zero-order valence-electron chi connectivity index (χ0n) is 7.77. The highest BCUT2D eigenvalue weighted by molar-refractivity contribution is 5.73. The summed E-state index contributed by atoms with van der Waals surface area (Å²) in [6.45, 7) is 6.01. The van der Waals surface area contributed by atoms with Gasteiger partial charge in [-0.1, -0.05) is 36.5 Å². The average Bonchev–Trinajstić information content (AvgIpc) is 2.17. The van der Waals surface area contributed by atoms with Crippen molar-refractivity contribution in [3.63, 3.8) is 0 Å². The molecule has 1 heterocycles. The molecule has 66 valence electrons. The quantitative estimate of drug-likeness (QED) is 0.575. The third kappa shape index (κ3) is 1.42. The van der Waals surface area contributed by atoms with Crippen molar-refractivity contribution in [2.24, 2.45) is 10.9 Å². The molecule has 13 heavy (non-hydrogen) atoms. The van der Waals surface area contributed by atoms with Crippen LogP contribution in [-0.4, -0.2) is 12.3 Å². The predicted octanol–water partition coefficient (Wildman–Crippen LogP) is 2.68.